The molecule has 0 saturated carbocycles. The zero-order valence-corrected chi connectivity index (χ0v) is 10.2. The average molecular weight is 279 g/mol. The van der Waals surface area contributed by atoms with Gasteiger partial charge in [0.15, 0.2) is 0 Å². The van der Waals surface area contributed by atoms with Crippen molar-refractivity contribution in [2.24, 2.45) is 0 Å². The van der Waals surface area contributed by atoms with Crippen molar-refractivity contribution in [2.45, 2.75) is 0 Å². The molecule has 1 aromatic carbocycles. The number of nitrogens with one attached hydrogen (secondary N) is 1. The van der Waals surface area contributed by atoms with E-state index in [4.69, 9.17) is 11.6 Å². The lowest BCUT2D eigenvalue weighted by Gasteiger charge is -2.03. The Morgan fingerprint density at radius 2 is 2.16 bits per heavy atom. The van der Waals surface area contributed by atoms with Crippen molar-refractivity contribution in [2.75, 3.05) is 5.32 Å². The van der Waals surface area contributed by atoms with Crippen LogP contribution in [0.5, 0.6) is 0 Å². The average Bonchev–Trinajstić information content (AvgIpc) is 2.39. The number of non-ortho nitro benzene ring substituents is 1. The van der Waals surface area contributed by atoms with E-state index in [9.17, 15) is 14.9 Å². The summed E-state index contributed by atoms with van der Waals surface area (Å²) in [5.41, 5.74) is -0.0302. The van der Waals surface area contributed by atoms with E-state index in [-0.39, 0.29) is 22.4 Å². The third kappa shape index (κ3) is 3.23. The van der Waals surface area contributed by atoms with E-state index in [0.29, 0.717) is 0 Å². The maximum atomic E-state index is 11.8. The lowest BCUT2D eigenvalue weighted by molar-refractivity contribution is -0.384. The van der Waals surface area contributed by atoms with Crippen molar-refractivity contribution in [1.82, 2.24) is 9.97 Å². The Balaban J connectivity index is 2.20. The van der Waals surface area contributed by atoms with Crippen molar-refractivity contribution >= 4 is 29.1 Å². The molecule has 0 unspecified atom stereocenters. The molecule has 1 amide bonds. The molecule has 0 atom stereocenters. The van der Waals surface area contributed by atoms with Crippen LogP contribution in [-0.2, 0) is 0 Å². The highest BCUT2D eigenvalue weighted by Gasteiger charge is 2.12. The summed E-state index contributed by atoms with van der Waals surface area (Å²) in [5.74, 6) is -0.519. The smallest absolute Gasteiger partial charge is 0.270 e. The van der Waals surface area contributed by atoms with Gasteiger partial charge < -0.3 is 0 Å². The summed E-state index contributed by atoms with van der Waals surface area (Å²) in [6.07, 6.45) is 1.39. The van der Waals surface area contributed by atoms with Crippen LogP contribution >= 0.6 is 11.6 Å². The van der Waals surface area contributed by atoms with Gasteiger partial charge in [-0.15, -0.1) is 0 Å². The molecule has 0 radical (unpaired) electrons. The van der Waals surface area contributed by atoms with E-state index in [0.717, 1.165) is 0 Å². The normalized spacial score (nSPS) is 9.95. The molecule has 96 valence electrons. The van der Waals surface area contributed by atoms with Gasteiger partial charge in [-0.05, 0) is 12.1 Å². The lowest BCUT2D eigenvalue weighted by Crippen LogP contribution is -2.14. The summed E-state index contributed by atoms with van der Waals surface area (Å²) >= 11 is 5.65. The van der Waals surface area contributed by atoms with Crippen LogP contribution in [0.2, 0.25) is 5.15 Å². The SMILES string of the molecule is O=C(Nc1nccc(Cl)n1)c1cccc([N+](=O)[O-])c1. The van der Waals surface area contributed by atoms with Gasteiger partial charge in [0.1, 0.15) is 5.15 Å². The molecule has 8 heteroatoms. The minimum atomic E-state index is -0.577. The molecule has 7 nitrogen and oxygen atoms in total. The molecule has 0 fully saturated rings. The second kappa shape index (κ2) is 5.40. The fraction of sp³-hybridized carbons (Fsp3) is 0. The zero-order chi connectivity index (χ0) is 13.8. The van der Waals surface area contributed by atoms with Gasteiger partial charge in [0.25, 0.3) is 11.6 Å². The summed E-state index contributed by atoms with van der Waals surface area (Å²) in [6, 6.07) is 6.80. The fourth-order valence-corrected chi connectivity index (χ4v) is 1.47. The number of nitro groups is 1. The van der Waals surface area contributed by atoms with Gasteiger partial charge in [-0.1, -0.05) is 17.7 Å². The Labute approximate surface area is 112 Å². The minimum absolute atomic E-state index is 0.0315. The molecular formula is C11H7ClN4O3. The van der Waals surface area contributed by atoms with Crippen molar-refractivity contribution in [3.63, 3.8) is 0 Å². The molecule has 19 heavy (non-hydrogen) atoms. The minimum Gasteiger partial charge on any atom is -0.290 e. The number of hydrogen-bond acceptors (Lipinski definition) is 5. The Morgan fingerprint density at radius 1 is 1.37 bits per heavy atom. The standard InChI is InChI=1S/C11H7ClN4O3/c12-9-4-5-13-11(14-9)15-10(17)7-2-1-3-8(6-7)16(18)19/h1-6H,(H,13,14,15,17). The summed E-state index contributed by atoms with van der Waals surface area (Å²) < 4.78 is 0. The Hall–Kier alpha value is -2.54. The third-order valence-corrected chi connectivity index (χ3v) is 2.38. The number of anilines is 1. The largest absolute Gasteiger partial charge is 0.290 e. The maximum Gasteiger partial charge on any atom is 0.270 e. The molecule has 2 aromatic rings. The van der Waals surface area contributed by atoms with Crippen LogP contribution in [0.3, 0.4) is 0 Å². The molecule has 0 aliphatic carbocycles. The van der Waals surface area contributed by atoms with Crippen molar-refractivity contribution in [3.8, 4) is 0 Å². The first kappa shape index (κ1) is 12.9. The highest BCUT2D eigenvalue weighted by Crippen LogP contribution is 2.14. The Morgan fingerprint density at radius 3 is 2.84 bits per heavy atom. The molecule has 1 heterocycles. The predicted octanol–water partition coefficient (Wildman–Crippen LogP) is 2.29. The van der Waals surface area contributed by atoms with Gasteiger partial charge in [-0.2, -0.15) is 0 Å². The molecule has 0 spiro atoms. The van der Waals surface area contributed by atoms with Gasteiger partial charge in [-0.25, -0.2) is 9.97 Å². The van der Waals surface area contributed by atoms with Crippen molar-refractivity contribution in [3.05, 3.63) is 57.4 Å². The summed E-state index contributed by atoms with van der Waals surface area (Å²) in [7, 11) is 0. The third-order valence-electron chi connectivity index (χ3n) is 2.17. The van der Waals surface area contributed by atoms with Crippen molar-refractivity contribution in [1.29, 1.82) is 0 Å². The van der Waals surface area contributed by atoms with Crippen LogP contribution in [0.4, 0.5) is 11.6 Å². The zero-order valence-electron chi connectivity index (χ0n) is 9.41. The van der Waals surface area contributed by atoms with Gasteiger partial charge in [0, 0.05) is 23.9 Å². The van der Waals surface area contributed by atoms with Gasteiger partial charge in [0.2, 0.25) is 5.95 Å². The van der Waals surface area contributed by atoms with Gasteiger partial charge >= 0.3 is 0 Å². The molecule has 0 aliphatic heterocycles. The molecular weight excluding hydrogens is 272 g/mol. The molecule has 2 rings (SSSR count). The molecule has 0 aliphatic rings. The second-order valence-corrected chi connectivity index (χ2v) is 3.85. The number of hydrogen-bond donors (Lipinski definition) is 1. The summed E-state index contributed by atoms with van der Waals surface area (Å²) in [6.45, 7) is 0. The van der Waals surface area contributed by atoms with Crippen LogP contribution in [-0.4, -0.2) is 20.8 Å². The molecule has 1 N–H and O–H groups in total. The number of benzene rings is 1. The number of amides is 1. The second-order valence-electron chi connectivity index (χ2n) is 3.46. The van der Waals surface area contributed by atoms with Crippen LogP contribution in [0.1, 0.15) is 10.4 Å². The summed E-state index contributed by atoms with van der Waals surface area (Å²) in [4.78, 5) is 29.5. The first-order chi connectivity index (χ1) is 9.06. The van der Waals surface area contributed by atoms with E-state index in [1.807, 2.05) is 0 Å². The van der Waals surface area contributed by atoms with Crippen LogP contribution in [0, 0.1) is 10.1 Å². The number of carbonyl (C=O) groups is 1. The van der Waals surface area contributed by atoms with E-state index in [1.165, 1.54) is 36.5 Å². The fourth-order valence-electron chi connectivity index (χ4n) is 1.33. The number of nitro benzene ring substituents is 1. The number of carbonyl (C=O) groups excluding carboxylic acids is 1. The lowest BCUT2D eigenvalue weighted by atomic mass is 10.2. The van der Waals surface area contributed by atoms with Gasteiger partial charge in [-0.3, -0.25) is 20.2 Å². The number of nitrogens with zero attached hydrogens (tertiary/aromatic N) is 3. The van der Waals surface area contributed by atoms with E-state index in [1.54, 1.807) is 0 Å². The number of aromatic nitrogens is 2. The van der Waals surface area contributed by atoms with Crippen LogP contribution < -0.4 is 5.32 Å². The Kier molecular flexibility index (Phi) is 3.67. The predicted molar refractivity (Wildman–Crippen MR) is 68.1 cm³/mol. The number of halogens is 1. The Bertz CT molecular complexity index is 647. The molecule has 0 saturated heterocycles. The highest BCUT2D eigenvalue weighted by molar-refractivity contribution is 6.29. The number of rotatable bonds is 3. The first-order valence-corrected chi connectivity index (χ1v) is 5.48. The van der Waals surface area contributed by atoms with Crippen LogP contribution in [0.15, 0.2) is 36.5 Å². The first-order valence-electron chi connectivity index (χ1n) is 5.10. The van der Waals surface area contributed by atoms with Crippen molar-refractivity contribution < 1.29 is 9.72 Å². The summed E-state index contributed by atoms with van der Waals surface area (Å²) in [5, 5.41) is 13.2. The highest BCUT2D eigenvalue weighted by atomic mass is 35.5. The van der Waals surface area contributed by atoms with E-state index < -0.39 is 10.8 Å². The van der Waals surface area contributed by atoms with E-state index in [2.05, 4.69) is 15.3 Å². The van der Waals surface area contributed by atoms with Crippen LogP contribution in [0.25, 0.3) is 0 Å². The van der Waals surface area contributed by atoms with Gasteiger partial charge in [0.05, 0.1) is 4.92 Å². The van der Waals surface area contributed by atoms with E-state index >= 15 is 0 Å². The molecule has 1 aromatic heterocycles. The topological polar surface area (TPSA) is 98.0 Å². The maximum absolute atomic E-state index is 11.8. The quantitative estimate of drug-likeness (QED) is 0.527. The monoisotopic (exact) mass is 278 g/mol. The molecule has 0 bridgehead atoms.